The Kier molecular flexibility index (Phi) is 11.6. The van der Waals surface area contributed by atoms with Crippen molar-refractivity contribution in [3.8, 4) is 0 Å². The predicted octanol–water partition coefficient (Wildman–Crippen LogP) is 3.90. The second-order valence-corrected chi connectivity index (χ2v) is 5.66. The van der Waals surface area contributed by atoms with Gasteiger partial charge in [0.15, 0.2) is 0 Å². The van der Waals surface area contributed by atoms with Crippen LogP contribution in [0.5, 0.6) is 0 Å². The molecule has 0 aromatic heterocycles. The van der Waals surface area contributed by atoms with E-state index in [2.05, 4.69) is 6.92 Å². The van der Waals surface area contributed by atoms with Gasteiger partial charge in [0.2, 0.25) is 0 Å². The standard InChI is InChI=1S/C12H26OS/c1-3-4-5-6-7-8-9-10-11-12-14(2)13/h3-12H2,1-2H3. The summed E-state index contributed by atoms with van der Waals surface area (Å²) in [5, 5.41) is 0. The van der Waals surface area contributed by atoms with E-state index in [0.717, 1.165) is 12.2 Å². The smallest absolute Gasteiger partial charge is 0.105 e. The molecule has 0 aliphatic carbocycles. The molecule has 86 valence electrons. The van der Waals surface area contributed by atoms with Crippen molar-refractivity contribution in [3.63, 3.8) is 0 Å². The van der Waals surface area contributed by atoms with Crippen LogP contribution in [-0.2, 0) is 11.2 Å². The molecular formula is C12H26OS. The number of hydrogen-bond donors (Lipinski definition) is 0. The quantitative estimate of drug-likeness (QED) is 0.403. The van der Waals surface area contributed by atoms with Crippen molar-refractivity contribution in [2.24, 2.45) is 0 Å². The average molecular weight is 218 g/mol. The summed E-state index contributed by atoms with van der Waals surface area (Å²) in [4.78, 5) is 0. The Morgan fingerprint density at radius 3 is 1.64 bits per heavy atom. The lowest BCUT2D eigenvalue weighted by molar-refractivity contribution is 0.566. The second kappa shape index (κ2) is 11.4. The van der Waals surface area contributed by atoms with Gasteiger partial charge in [-0.25, -0.2) is 0 Å². The summed E-state index contributed by atoms with van der Waals surface area (Å²) >= 11 is -0.577. The minimum Gasteiger partial charge on any atom is -0.617 e. The van der Waals surface area contributed by atoms with Crippen LogP contribution in [0.25, 0.3) is 0 Å². The Balaban J connectivity index is 2.85. The van der Waals surface area contributed by atoms with Gasteiger partial charge in [-0.2, -0.15) is 0 Å². The molecule has 0 spiro atoms. The van der Waals surface area contributed by atoms with E-state index in [9.17, 15) is 4.55 Å². The van der Waals surface area contributed by atoms with Crippen molar-refractivity contribution in [3.05, 3.63) is 0 Å². The molecule has 1 unspecified atom stereocenters. The molecule has 14 heavy (non-hydrogen) atoms. The van der Waals surface area contributed by atoms with E-state index in [4.69, 9.17) is 0 Å². The molecule has 0 aromatic carbocycles. The maximum Gasteiger partial charge on any atom is 0.105 e. The predicted molar refractivity (Wildman–Crippen MR) is 66.2 cm³/mol. The maximum absolute atomic E-state index is 10.8. The Labute approximate surface area is 92.8 Å². The molecule has 0 fully saturated rings. The molecule has 1 atom stereocenters. The molecular weight excluding hydrogens is 192 g/mol. The molecule has 0 aliphatic rings. The average Bonchev–Trinajstić information content (AvgIpc) is 2.15. The van der Waals surface area contributed by atoms with Crippen LogP contribution in [0.1, 0.15) is 64.7 Å². The molecule has 0 amide bonds. The highest BCUT2D eigenvalue weighted by atomic mass is 32.2. The van der Waals surface area contributed by atoms with Crippen molar-refractivity contribution >= 4 is 11.2 Å². The Hall–Kier alpha value is 0.310. The van der Waals surface area contributed by atoms with E-state index in [1.165, 1.54) is 51.4 Å². The van der Waals surface area contributed by atoms with Gasteiger partial charge in [-0.15, -0.1) is 0 Å². The molecule has 0 aliphatic heterocycles. The fourth-order valence-corrected chi connectivity index (χ4v) is 2.23. The van der Waals surface area contributed by atoms with Crippen LogP contribution in [0.3, 0.4) is 0 Å². The van der Waals surface area contributed by atoms with Crippen LogP contribution in [0.15, 0.2) is 0 Å². The van der Waals surface area contributed by atoms with Gasteiger partial charge in [-0.05, 0) is 12.8 Å². The summed E-state index contributed by atoms with van der Waals surface area (Å²) < 4.78 is 10.8. The fourth-order valence-electron chi connectivity index (χ4n) is 1.62. The van der Waals surface area contributed by atoms with Crippen molar-refractivity contribution < 1.29 is 4.55 Å². The van der Waals surface area contributed by atoms with Gasteiger partial charge in [-0.3, -0.25) is 0 Å². The van der Waals surface area contributed by atoms with Crippen molar-refractivity contribution in [2.75, 3.05) is 12.0 Å². The lowest BCUT2D eigenvalue weighted by atomic mass is 10.1. The van der Waals surface area contributed by atoms with Gasteiger partial charge in [0, 0.05) is 0 Å². The third kappa shape index (κ3) is 12.3. The molecule has 0 saturated heterocycles. The van der Waals surface area contributed by atoms with E-state index in [-0.39, 0.29) is 0 Å². The summed E-state index contributed by atoms with van der Waals surface area (Å²) in [6.07, 6.45) is 13.9. The Morgan fingerprint density at radius 2 is 1.21 bits per heavy atom. The molecule has 0 N–H and O–H groups in total. The molecule has 0 aromatic rings. The Bertz CT molecular complexity index is 104. The third-order valence-corrected chi connectivity index (χ3v) is 3.40. The van der Waals surface area contributed by atoms with E-state index in [1.807, 2.05) is 0 Å². The maximum atomic E-state index is 10.8. The van der Waals surface area contributed by atoms with Crippen LogP contribution < -0.4 is 0 Å². The zero-order chi connectivity index (χ0) is 10.6. The SMILES string of the molecule is CCCCCCCCCCC[S+](C)[O-]. The lowest BCUT2D eigenvalue weighted by Gasteiger charge is -2.04. The highest BCUT2D eigenvalue weighted by Crippen LogP contribution is 2.09. The van der Waals surface area contributed by atoms with Gasteiger partial charge in [0.25, 0.3) is 0 Å². The van der Waals surface area contributed by atoms with Gasteiger partial charge in [0.05, 0.1) is 6.26 Å². The number of hydrogen-bond acceptors (Lipinski definition) is 1. The first-order valence-electron chi connectivity index (χ1n) is 6.07. The zero-order valence-electron chi connectivity index (χ0n) is 9.89. The first kappa shape index (κ1) is 14.3. The van der Waals surface area contributed by atoms with Crippen molar-refractivity contribution in [1.82, 2.24) is 0 Å². The molecule has 0 rings (SSSR count). The second-order valence-electron chi connectivity index (χ2n) is 4.11. The van der Waals surface area contributed by atoms with E-state index < -0.39 is 11.2 Å². The molecule has 0 saturated carbocycles. The van der Waals surface area contributed by atoms with E-state index >= 15 is 0 Å². The van der Waals surface area contributed by atoms with Crippen LogP contribution in [0.4, 0.5) is 0 Å². The summed E-state index contributed by atoms with van der Waals surface area (Å²) in [5.41, 5.74) is 0. The third-order valence-electron chi connectivity index (χ3n) is 2.54. The largest absolute Gasteiger partial charge is 0.617 e. The summed E-state index contributed by atoms with van der Waals surface area (Å²) in [6, 6.07) is 0. The van der Waals surface area contributed by atoms with Crippen LogP contribution in [0, 0.1) is 0 Å². The molecule has 0 heterocycles. The number of rotatable bonds is 10. The van der Waals surface area contributed by atoms with Gasteiger partial charge >= 0.3 is 0 Å². The minimum absolute atomic E-state index is 0.577. The highest BCUT2D eigenvalue weighted by molar-refractivity contribution is 7.90. The molecule has 1 nitrogen and oxygen atoms in total. The van der Waals surface area contributed by atoms with Gasteiger partial charge in [-0.1, -0.05) is 63.0 Å². The van der Waals surface area contributed by atoms with Crippen LogP contribution in [0.2, 0.25) is 0 Å². The van der Waals surface area contributed by atoms with Crippen molar-refractivity contribution in [2.45, 2.75) is 64.7 Å². The summed E-state index contributed by atoms with van der Waals surface area (Å²) in [6.45, 7) is 2.25. The first-order chi connectivity index (χ1) is 6.77. The summed E-state index contributed by atoms with van der Waals surface area (Å²) in [7, 11) is 0. The molecule has 0 radical (unpaired) electrons. The minimum atomic E-state index is -0.577. The van der Waals surface area contributed by atoms with Crippen LogP contribution >= 0.6 is 0 Å². The molecule has 0 bridgehead atoms. The Morgan fingerprint density at radius 1 is 0.786 bits per heavy atom. The normalized spacial score (nSPS) is 13.1. The monoisotopic (exact) mass is 218 g/mol. The summed E-state index contributed by atoms with van der Waals surface area (Å²) in [5.74, 6) is 0.899. The van der Waals surface area contributed by atoms with Gasteiger partial charge in [0.1, 0.15) is 5.75 Å². The highest BCUT2D eigenvalue weighted by Gasteiger charge is 1.96. The fraction of sp³-hybridized carbons (Fsp3) is 1.00. The van der Waals surface area contributed by atoms with Gasteiger partial charge < -0.3 is 4.55 Å². The number of unbranched alkanes of at least 4 members (excludes halogenated alkanes) is 8. The van der Waals surface area contributed by atoms with E-state index in [0.29, 0.717) is 0 Å². The topological polar surface area (TPSA) is 23.1 Å². The molecule has 2 heteroatoms. The zero-order valence-corrected chi connectivity index (χ0v) is 10.7. The lowest BCUT2D eigenvalue weighted by Crippen LogP contribution is -2.02. The first-order valence-corrected chi connectivity index (χ1v) is 7.80. The van der Waals surface area contributed by atoms with E-state index in [1.54, 1.807) is 6.26 Å². The van der Waals surface area contributed by atoms with Crippen LogP contribution in [-0.4, -0.2) is 16.6 Å². The van der Waals surface area contributed by atoms with Crippen molar-refractivity contribution in [1.29, 1.82) is 0 Å².